The summed E-state index contributed by atoms with van der Waals surface area (Å²) in [5.41, 5.74) is 2.40. The SMILES string of the molecule is Fc1cccc(C2CN2Cc2ccccc2)c1. The first-order valence-corrected chi connectivity index (χ1v) is 5.86. The molecule has 2 atom stereocenters. The van der Waals surface area contributed by atoms with Gasteiger partial charge in [0.25, 0.3) is 0 Å². The van der Waals surface area contributed by atoms with Gasteiger partial charge in [-0.15, -0.1) is 0 Å². The molecule has 0 bridgehead atoms. The van der Waals surface area contributed by atoms with E-state index >= 15 is 0 Å². The van der Waals surface area contributed by atoms with Gasteiger partial charge < -0.3 is 0 Å². The fraction of sp³-hybridized carbons (Fsp3) is 0.200. The Morgan fingerprint density at radius 3 is 2.65 bits per heavy atom. The number of halogens is 1. The number of hydrogen-bond acceptors (Lipinski definition) is 1. The third kappa shape index (κ3) is 2.37. The van der Waals surface area contributed by atoms with Crippen molar-refractivity contribution in [1.29, 1.82) is 0 Å². The van der Waals surface area contributed by atoms with Gasteiger partial charge in [0.2, 0.25) is 0 Å². The second kappa shape index (κ2) is 4.30. The topological polar surface area (TPSA) is 3.01 Å². The summed E-state index contributed by atoms with van der Waals surface area (Å²) in [5, 5.41) is 0. The molecule has 0 radical (unpaired) electrons. The van der Waals surface area contributed by atoms with Gasteiger partial charge in [0.1, 0.15) is 5.82 Å². The lowest BCUT2D eigenvalue weighted by atomic mass is 10.1. The highest BCUT2D eigenvalue weighted by Gasteiger charge is 2.34. The number of rotatable bonds is 3. The average Bonchev–Trinajstić information content (AvgIpc) is 3.10. The Morgan fingerprint density at radius 2 is 1.88 bits per heavy atom. The van der Waals surface area contributed by atoms with E-state index < -0.39 is 0 Å². The van der Waals surface area contributed by atoms with Crippen LogP contribution in [0.15, 0.2) is 54.6 Å². The van der Waals surface area contributed by atoms with Crippen LogP contribution in [0.3, 0.4) is 0 Å². The molecule has 2 aromatic carbocycles. The zero-order valence-electron chi connectivity index (χ0n) is 9.51. The van der Waals surface area contributed by atoms with Crippen molar-refractivity contribution in [2.45, 2.75) is 12.6 Å². The predicted molar refractivity (Wildman–Crippen MR) is 66.0 cm³/mol. The van der Waals surface area contributed by atoms with E-state index in [2.05, 4.69) is 29.2 Å². The second-order valence-corrected chi connectivity index (χ2v) is 4.49. The Labute approximate surface area is 101 Å². The lowest BCUT2D eigenvalue weighted by Gasteiger charge is -2.04. The molecule has 2 heteroatoms. The van der Waals surface area contributed by atoms with Gasteiger partial charge in [-0.1, -0.05) is 42.5 Å². The maximum Gasteiger partial charge on any atom is 0.123 e. The van der Waals surface area contributed by atoms with E-state index in [1.165, 1.54) is 11.6 Å². The minimum absolute atomic E-state index is 0.144. The normalized spacial score (nSPS) is 22.4. The fourth-order valence-electron chi connectivity index (χ4n) is 2.20. The van der Waals surface area contributed by atoms with Crippen LogP contribution in [-0.2, 0) is 6.54 Å². The quantitative estimate of drug-likeness (QED) is 0.726. The molecular formula is C15H14FN. The van der Waals surface area contributed by atoms with E-state index in [0.717, 1.165) is 18.7 Å². The Kier molecular flexibility index (Phi) is 2.65. The summed E-state index contributed by atoms with van der Waals surface area (Å²) < 4.78 is 13.1. The molecule has 1 saturated heterocycles. The van der Waals surface area contributed by atoms with Crippen LogP contribution >= 0.6 is 0 Å². The summed E-state index contributed by atoms with van der Waals surface area (Å²) in [4.78, 5) is 2.34. The Hall–Kier alpha value is -1.67. The van der Waals surface area contributed by atoms with Crippen molar-refractivity contribution in [3.05, 3.63) is 71.5 Å². The molecule has 0 amide bonds. The molecule has 1 aliphatic rings. The van der Waals surface area contributed by atoms with Gasteiger partial charge in [-0.25, -0.2) is 4.39 Å². The fourth-order valence-corrected chi connectivity index (χ4v) is 2.20. The molecule has 0 aliphatic carbocycles. The number of benzene rings is 2. The van der Waals surface area contributed by atoms with E-state index in [9.17, 15) is 4.39 Å². The van der Waals surface area contributed by atoms with Crippen molar-refractivity contribution in [1.82, 2.24) is 4.90 Å². The highest BCUT2D eigenvalue weighted by molar-refractivity contribution is 5.26. The van der Waals surface area contributed by atoms with E-state index in [1.807, 2.05) is 12.1 Å². The first kappa shape index (κ1) is 10.5. The molecule has 0 aromatic heterocycles. The van der Waals surface area contributed by atoms with Gasteiger partial charge in [-0.3, -0.25) is 4.90 Å². The van der Waals surface area contributed by atoms with Crippen molar-refractivity contribution >= 4 is 0 Å². The summed E-state index contributed by atoms with van der Waals surface area (Å²) in [5.74, 6) is -0.144. The summed E-state index contributed by atoms with van der Waals surface area (Å²) in [6.45, 7) is 1.97. The monoisotopic (exact) mass is 227 g/mol. The molecule has 17 heavy (non-hydrogen) atoms. The molecule has 86 valence electrons. The first-order chi connectivity index (χ1) is 8.33. The second-order valence-electron chi connectivity index (χ2n) is 4.49. The van der Waals surface area contributed by atoms with Crippen LogP contribution in [0.1, 0.15) is 17.2 Å². The molecule has 3 rings (SSSR count). The third-order valence-electron chi connectivity index (χ3n) is 3.18. The third-order valence-corrected chi connectivity index (χ3v) is 3.18. The maximum atomic E-state index is 13.1. The average molecular weight is 227 g/mol. The summed E-state index contributed by atoms with van der Waals surface area (Å²) in [7, 11) is 0. The Morgan fingerprint density at radius 1 is 1.06 bits per heavy atom. The number of nitrogens with zero attached hydrogens (tertiary/aromatic N) is 1. The zero-order chi connectivity index (χ0) is 11.7. The van der Waals surface area contributed by atoms with Crippen molar-refractivity contribution in [3.63, 3.8) is 0 Å². The van der Waals surface area contributed by atoms with Crippen LogP contribution in [0, 0.1) is 5.82 Å². The van der Waals surface area contributed by atoms with Crippen LogP contribution in [0.25, 0.3) is 0 Å². The minimum Gasteiger partial charge on any atom is -0.289 e. The first-order valence-electron chi connectivity index (χ1n) is 5.86. The van der Waals surface area contributed by atoms with Crippen molar-refractivity contribution in [3.8, 4) is 0 Å². The molecule has 0 spiro atoms. The van der Waals surface area contributed by atoms with Crippen molar-refractivity contribution in [2.24, 2.45) is 0 Å². The summed E-state index contributed by atoms with van der Waals surface area (Å²) in [6.07, 6.45) is 0. The lowest BCUT2D eigenvalue weighted by molar-refractivity contribution is 0.507. The Bertz CT molecular complexity index is 509. The predicted octanol–water partition coefficient (Wildman–Crippen LogP) is 3.38. The molecule has 2 unspecified atom stereocenters. The highest BCUT2D eigenvalue weighted by Crippen LogP contribution is 2.36. The molecule has 1 aliphatic heterocycles. The van der Waals surface area contributed by atoms with E-state index in [-0.39, 0.29) is 5.82 Å². The van der Waals surface area contributed by atoms with Gasteiger partial charge >= 0.3 is 0 Å². The highest BCUT2D eigenvalue weighted by atomic mass is 19.1. The molecule has 1 fully saturated rings. The molecule has 0 saturated carbocycles. The Balaban J connectivity index is 1.67. The molecule has 2 aromatic rings. The van der Waals surface area contributed by atoms with Crippen molar-refractivity contribution < 1.29 is 4.39 Å². The largest absolute Gasteiger partial charge is 0.289 e. The van der Waals surface area contributed by atoms with Gasteiger partial charge in [0.15, 0.2) is 0 Å². The lowest BCUT2D eigenvalue weighted by Crippen LogP contribution is -1.98. The van der Waals surface area contributed by atoms with Gasteiger partial charge in [-0.05, 0) is 23.3 Å². The molecule has 1 heterocycles. The number of hydrogen-bond donors (Lipinski definition) is 0. The zero-order valence-corrected chi connectivity index (χ0v) is 9.51. The van der Waals surface area contributed by atoms with Crippen LogP contribution in [-0.4, -0.2) is 11.4 Å². The van der Waals surface area contributed by atoms with Gasteiger partial charge in [0, 0.05) is 19.1 Å². The standard InChI is InChI=1S/C15H14FN/c16-14-8-4-7-13(9-14)15-11-17(15)10-12-5-2-1-3-6-12/h1-9,15H,10-11H2. The molecular weight excluding hydrogens is 213 g/mol. The van der Waals surface area contributed by atoms with Gasteiger partial charge in [-0.2, -0.15) is 0 Å². The van der Waals surface area contributed by atoms with Gasteiger partial charge in [0.05, 0.1) is 0 Å². The summed E-state index contributed by atoms with van der Waals surface area (Å²) in [6, 6.07) is 17.7. The molecule has 1 nitrogen and oxygen atoms in total. The van der Waals surface area contributed by atoms with Crippen LogP contribution in [0.4, 0.5) is 4.39 Å². The van der Waals surface area contributed by atoms with E-state index in [1.54, 1.807) is 12.1 Å². The summed E-state index contributed by atoms with van der Waals surface area (Å²) >= 11 is 0. The van der Waals surface area contributed by atoms with Crippen molar-refractivity contribution in [2.75, 3.05) is 6.54 Å². The van der Waals surface area contributed by atoms with Crippen LogP contribution in [0.2, 0.25) is 0 Å². The molecule has 0 N–H and O–H groups in total. The van der Waals surface area contributed by atoms with E-state index in [0.29, 0.717) is 6.04 Å². The van der Waals surface area contributed by atoms with Crippen LogP contribution in [0.5, 0.6) is 0 Å². The van der Waals surface area contributed by atoms with Crippen LogP contribution < -0.4 is 0 Å². The smallest absolute Gasteiger partial charge is 0.123 e. The minimum atomic E-state index is -0.144. The van der Waals surface area contributed by atoms with E-state index in [4.69, 9.17) is 0 Å². The maximum absolute atomic E-state index is 13.1.